The van der Waals surface area contributed by atoms with Crippen LogP contribution in [0.2, 0.25) is 0 Å². The van der Waals surface area contributed by atoms with Gasteiger partial charge in [0, 0.05) is 19.6 Å². The second kappa shape index (κ2) is 24.6. The summed E-state index contributed by atoms with van der Waals surface area (Å²) >= 11 is 0. The van der Waals surface area contributed by atoms with E-state index in [0.717, 1.165) is 25.9 Å². The van der Waals surface area contributed by atoms with Gasteiger partial charge in [-0.15, -0.1) is 0 Å². The van der Waals surface area contributed by atoms with Gasteiger partial charge in [0.05, 0.1) is 20.3 Å². The quantitative estimate of drug-likeness (QED) is 0.146. The topological polar surface area (TPSA) is 65.0 Å². The molecule has 5 nitrogen and oxygen atoms in total. The van der Waals surface area contributed by atoms with Crippen molar-refractivity contribution >= 4 is 5.97 Å². The summed E-state index contributed by atoms with van der Waals surface area (Å²) in [6.45, 7) is 3.95. The van der Waals surface area contributed by atoms with E-state index in [1.807, 2.05) is 0 Å². The summed E-state index contributed by atoms with van der Waals surface area (Å²) in [7, 11) is 1.40. The lowest BCUT2D eigenvalue weighted by atomic mass is 10.0. The smallest absolute Gasteiger partial charge is 0.305 e. The lowest BCUT2D eigenvalue weighted by Crippen LogP contribution is -2.24. The van der Waals surface area contributed by atoms with E-state index in [-0.39, 0.29) is 18.7 Å². The summed E-state index contributed by atoms with van der Waals surface area (Å²) in [5.74, 6) is -0.190. The Bertz CT molecular complexity index is 348. The fourth-order valence-electron chi connectivity index (χ4n) is 3.49. The van der Waals surface area contributed by atoms with Gasteiger partial charge < -0.3 is 19.3 Å². The summed E-state index contributed by atoms with van der Waals surface area (Å²) < 4.78 is 15.9. The average molecular weight is 431 g/mol. The van der Waals surface area contributed by atoms with Crippen LogP contribution in [0.4, 0.5) is 0 Å². The number of carbonyl (C=O) groups excluding carboxylic acids is 1. The standard InChI is InChI=1S/C25H50O5/c1-3-4-5-6-7-8-9-10-11-12-13-14-15-17-20-29-23-24(22-26)30-21-18-16-19-25(27)28-2/h24,26H,3-23H2,1-2H3/t24-/m1/s1. The Labute approximate surface area is 186 Å². The van der Waals surface area contributed by atoms with E-state index in [4.69, 9.17) is 9.47 Å². The molecule has 0 aliphatic heterocycles. The van der Waals surface area contributed by atoms with Gasteiger partial charge in [-0.1, -0.05) is 90.4 Å². The third-order valence-corrected chi connectivity index (χ3v) is 5.51. The largest absolute Gasteiger partial charge is 0.469 e. The molecule has 30 heavy (non-hydrogen) atoms. The Hall–Kier alpha value is -0.650. The first kappa shape index (κ1) is 29.4. The molecule has 0 aromatic heterocycles. The number of aliphatic hydroxyl groups is 1. The molecule has 0 aliphatic rings. The Morgan fingerprint density at radius 1 is 0.733 bits per heavy atom. The van der Waals surface area contributed by atoms with Crippen LogP contribution in [-0.4, -0.2) is 50.7 Å². The minimum absolute atomic E-state index is 0.0320. The van der Waals surface area contributed by atoms with Crippen molar-refractivity contribution in [3.63, 3.8) is 0 Å². The molecule has 0 saturated heterocycles. The predicted octanol–water partition coefficient (Wildman–Crippen LogP) is 6.21. The summed E-state index contributed by atoms with van der Waals surface area (Å²) in [5, 5.41) is 9.36. The fourth-order valence-corrected chi connectivity index (χ4v) is 3.49. The van der Waals surface area contributed by atoms with Gasteiger partial charge in [-0.05, 0) is 19.3 Å². The SMILES string of the molecule is CCCCCCCCCCCCCCCCOC[C@@H](CO)OCCCCC(=O)OC. The first-order chi connectivity index (χ1) is 14.7. The van der Waals surface area contributed by atoms with Crippen molar-refractivity contribution in [2.24, 2.45) is 0 Å². The van der Waals surface area contributed by atoms with Crippen molar-refractivity contribution in [3.05, 3.63) is 0 Å². The second-order valence-electron chi connectivity index (χ2n) is 8.38. The molecular formula is C25H50O5. The van der Waals surface area contributed by atoms with Crippen molar-refractivity contribution in [1.82, 2.24) is 0 Å². The molecule has 0 heterocycles. The summed E-state index contributed by atoms with van der Waals surface area (Å²) in [6, 6.07) is 0. The molecule has 180 valence electrons. The Kier molecular flexibility index (Phi) is 24.1. The molecule has 0 unspecified atom stereocenters. The lowest BCUT2D eigenvalue weighted by molar-refractivity contribution is -0.140. The van der Waals surface area contributed by atoms with Crippen molar-refractivity contribution in [1.29, 1.82) is 0 Å². The van der Waals surface area contributed by atoms with Crippen molar-refractivity contribution in [2.75, 3.05) is 33.5 Å². The fraction of sp³-hybridized carbons (Fsp3) is 0.960. The Morgan fingerprint density at radius 2 is 1.23 bits per heavy atom. The van der Waals surface area contributed by atoms with Crippen LogP contribution in [0, 0.1) is 0 Å². The number of carbonyl (C=O) groups is 1. The molecule has 0 amide bonds. The van der Waals surface area contributed by atoms with Crippen molar-refractivity contribution < 1.29 is 24.1 Å². The van der Waals surface area contributed by atoms with Gasteiger partial charge in [-0.2, -0.15) is 0 Å². The number of rotatable bonds is 24. The van der Waals surface area contributed by atoms with Gasteiger partial charge >= 0.3 is 5.97 Å². The highest BCUT2D eigenvalue weighted by Gasteiger charge is 2.08. The van der Waals surface area contributed by atoms with E-state index >= 15 is 0 Å². The average Bonchev–Trinajstić information content (AvgIpc) is 2.76. The number of ether oxygens (including phenoxy) is 3. The highest BCUT2D eigenvalue weighted by atomic mass is 16.5. The van der Waals surface area contributed by atoms with Gasteiger partial charge in [0.25, 0.3) is 0 Å². The van der Waals surface area contributed by atoms with E-state index in [0.29, 0.717) is 19.6 Å². The highest BCUT2D eigenvalue weighted by molar-refractivity contribution is 5.68. The molecule has 0 bridgehead atoms. The van der Waals surface area contributed by atoms with E-state index < -0.39 is 0 Å². The van der Waals surface area contributed by atoms with Gasteiger partial charge in [0.2, 0.25) is 0 Å². The molecule has 0 radical (unpaired) electrons. The number of methoxy groups -OCH3 is 1. The maximum atomic E-state index is 11.0. The molecular weight excluding hydrogens is 380 g/mol. The lowest BCUT2D eigenvalue weighted by Gasteiger charge is -2.15. The van der Waals surface area contributed by atoms with Crippen LogP contribution in [0.5, 0.6) is 0 Å². The second-order valence-corrected chi connectivity index (χ2v) is 8.38. The van der Waals surface area contributed by atoms with Gasteiger partial charge in [-0.3, -0.25) is 4.79 Å². The van der Waals surface area contributed by atoms with E-state index in [1.165, 1.54) is 90.6 Å². The molecule has 5 heteroatoms. The third-order valence-electron chi connectivity index (χ3n) is 5.51. The van der Waals surface area contributed by atoms with Crippen LogP contribution in [0.15, 0.2) is 0 Å². The normalized spacial score (nSPS) is 12.2. The first-order valence-electron chi connectivity index (χ1n) is 12.6. The van der Waals surface area contributed by atoms with Crippen LogP contribution in [0.25, 0.3) is 0 Å². The van der Waals surface area contributed by atoms with Crippen LogP contribution in [-0.2, 0) is 19.0 Å². The minimum Gasteiger partial charge on any atom is -0.469 e. The van der Waals surface area contributed by atoms with Gasteiger partial charge in [-0.25, -0.2) is 0 Å². The molecule has 0 aromatic carbocycles. The zero-order valence-electron chi connectivity index (χ0n) is 20.0. The zero-order valence-corrected chi connectivity index (χ0v) is 20.0. The van der Waals surface area contributed by atoms with Crippen LogP contribution in [0.3, 0.4) is 0 Å². The van der Waals surface area contributed by atoms with Gasteiger partial charge in [0.1, 0.15) is 6.10 Å². The number of aliphatic hydroxyl groups excluding tert-OH is 1. The maximum absolute atomic E-state index is 11.0. The molecule has 1 N–H and O–H groups in total. The Morgan fingerprint density at radius 3 is 1.73 bits per heavy atom. The van der Waals surface area contributed by atoms with Gasteiger partial charge in [0.15, 0.2) is 0 Å². The van der Waals surface area contributed by atoms with Crippen LogP contribution >= 0.6 is 0 Å². The first-order valence-corrected chi connectivity index (χ1v) is 12.6. The Balaban J connectivity index is 3.27. The number of hydrogen-bond donors (Lipinski definition) is 1. The molecule has 0 aliphatic carbocycles. The van der Waals surface area contributed by atoms with Crippen LogP contribution in [0.1, 0.15) is 116 Å². The number of esters is 1. The molecule has 0 aromatic rings. The number of unbranched alkanes of at least 4 members (excludes halogenated alkanes) is 14. The van der Waals surface area contributed by atoms with Crippen molar-refractivity contribution in [2.45, 2.75) is 122 Å². The molecule has 1 atom stereocenters. The summed E-state index contributed by atoms with van der Waals surface area (Å²) in [5.41, 5.74) is 0. The maximum Gasteiger partial charge on any atom is 0.305 e. The molecule has 0 rings (SSSR count). The van der Waals surface area contributed by atoms with Crippen molar-refractivity contribution in [3.8, 4) is 0 Å². The predicted molar refractivity (Wildman–Crippen MR) is 124 cm³/mol. The summed E-state index contributed by atoms with van der Waals surface area (Å²) in [4.78, 5) is 11.0. The molecule has 0 spiro atoms. The monoisotopic (exact) mass is 430 g/mol. The van der Waals surface area contributed by atoms with E-state index in [1.54, 1.807) is 0 Å². The van der Waals surface area contributed by atoms with Crippen LogP contribution < -0.4 is 0 Å². The molecule has 0 saturated carbocycles. The highest BCUT2D eigenvalue weighted by Crippen LogP contribution is 2.13. The minimum atomic E-state index is -0.269. The van der Waals surface area contributed by atoms with E-state index in [9.17, 15) is 9.90 Å². The third kappa shape index (κ3) is 22.0. The van der Waals surface area contributed by atoms with E-state index in [2.05, 4.69) is 11.7 Å². The summed E-state index contributed by atoms with van der Waals surface area (Å²) in [6.07, 6.45) is 20.6. The number of hydrogen-bond acceptors (Lipinski definition) is 5. The molecule has 0 fully saturated rings. The zero-order chi connectivity index (χ0) is 22.1.